The summed E-state index contributed by atoms with van der Waals surface area (Å²) in [6.45, 7) is -0.0981. The fraction of sp³-hybridized carbons (Fsp3) is 0.273. The number of carbonyl (C=O) groups excluding carboxylic acids is 2. The quantitative estimate of drug-likeness (QED) is 0.659. The molecule has 0 spiro atoms. The summed E-state index contributed by atoms with van der Waals surface area (Å²) in [4.78, 5) is 21.7. The van der Waals surface area contributed by atoms with Crippen molar-refractivity contribution in [2.45, 2.75) is 12.5 Å². The maximum Gasteiger partial charge on any atom is 0.234 e. The van der Waals surface area contributed by atoms with Gasteiger partial charge in [0.25, 0.3) is 0 Å². The molecule has 0 radical (unpaired) electrons. The number of amides is 1. The summed E-state index contributed by atoms with van der Waals surface area (Å²) in [5.74, 6) is -0.317. The van der Waals surface area contributed by atoms with Crippen molar-refractivity contribution in [2.75, 3.05) is 6.54 Å². The molecule has 4 heteroatoms. The second-order valence-corrected chi connectivity index (χ2v) is 3.20. The Bertz CT molecular complexity index is 325. The monoisotopic (exact) mass is 206 g/mol. The summed E-state index contributed by atoms with van der Waals surface area (Å²) < 4.78 is 0. The Morgan fingerprint density at radius 3 is 2.60 bits per heavy atom. The lowest BCUT2D eigenvalue weighted by Crippen LogP contribution is -2.40. The summed E-state index contributed by atoms with van der Waals surface area (Å²) >= 11 is 0. The first-order valence-corrected chi connectivity index (χ1v) is 4.75. The molecule has 15 heavy (non-hydrogen) atoms. The van der Waals surface area contributed by atoms with E-state index in [0.717, 1.165) is 11.8 Å². The SMILES string of the molecule is NCC(=O)N[C@@H](C=O)Cc1ccccc1. The predicted octanol–water partition coefficient (Wildman–Crippen LogP) is -0.128. The van der Waals surface area contributed by atoms with Gasteiger partial charge in [-0.25, -0.2) is 0 Å². The molecule has 0 fully saturated rings. The average molecular weight is 206 g/mol. The van der Waals surface area contributed by atoms with Crippen LogP contribution in [0.25, 0.3) is 0 Å². The van der Waals surface area contributed by atoms with Crippen molar-refractivity contribution in [3.05, 3.63) is 35.9 Å². The molecule has 1 rings (SSSR count). The van der Waals surface area contributed by atoms with Crippen LogP contribution in [0.15, 0.2) is 30.3 Å². The Labute approximate surface area is 88.5 Å². The van der Waals surface area contributed by atoms with Crippen LogP contribution in [0.5, 0.6) is 0 Å². The normalized spacial score (nSPS) is 11.8. The van der Waals surface area contributed by atoms with E-state index in [-0.39, 0.29) is 12.5 Å². The highest BCUT2D eigenvalue weighted by atomic mass is 16.2. The summed E-state index contributed by atoms with van der Waals surface area (Å²) in [5.41, 5.74) is 6.15. The van der Waals surface area contributed by atoms with Crippen LogP contribution in [0, 0.1) is 0 Å². The largest absolute Gasteiger partial charge is 0.345 e. The van der Waals surface area contributed by atoms with Gasteiger partial charge in [-0.1, -0.05) is 30.3 Å². The lowest BCUT2D eigenvalue weighted by Gasteiger charge is -2.11. The number of nitrogens with one attached hydrogen (secondary N) is 1. The third-order valence-electron chi connectivity index (χ3n) is 1.99. The molecule has 1 aromatic carbocycles. The minimum atomic E-state index is -0.497. The van der Waals surface area contributed by atoms with Crippen LogP contribution < -0.4 is 11.1 Å². The number of benzene rings is 1. The van der Waals surface area contributed by atoms with Crippen LogP contribution in [-0.4, -0.2) is 24.8 Å². The van der Waals surface area contributed by atoms with Gasteiger partial charge in [-0.2, -0.15) is 0 Å². The summed E-state index contributed by atoms with van der Waals surface area (Å²) in [5, 5.41) is 2.53. The molecule has 1 atom stereocenters. The Morgan fingerprint density at radius 1 is 1.40 bits per heavy atom. The van der Waals surface area contributed by atoms with Crippen LogP contribution in [0.4, 0.5) is 0 Å². The van der Waals surface area contributed by atoms with Crippen molar-refractivity contribution in [3.8, 4) is 0 Å². The third kappa shape index (κ3) is 3.91. The topological polar surface area (TPSA) is 72.2 Å². The molecule has 0 aliphatic heterocycles. The van der Waals surface area contributed by atoms with Gasteiger partial charge in [0.2, 0.25) is 5.91 Å². The Balaban J connectivity index is 2.54. The van der Waals surface area contributed by atoms with Gasteiger partial charge in [-0.05, 0) is 12.0 Å². The summed E-state index contributed by atoms with van der Waals surface area (Å²) in [6, 6.07) is 9.00. The minimum absolute atomic E-state index is 0.0981. The maximum absolute atomic E-state index is 11.0. The van der Waals surface area contributed by atoms with Gasteiger partial charge in [0, 0.05) is 0 Å². The summed E-state index contributed by atoms with van der Waals surface area (Å²) in [7, 11) is 0. The van der Waals surface area contributed by atoms with Crippen molar-refractivity contribution < 1.29 is 9.59 Å². The van der Waals surface area contributed by atoms with E-state index < -0.39 is 6.04 Å². The van der Waals surface area contributed by atoms with Gasteiger partial charge in [0.05, 0.1) is 12.6 Å². The third-order valence-corrected chi connectivity index (χ3v) is 1.99. The minimum Gasteiger partial charge on any atom is -0.345 e. The Kier molecular flexibility index (Phi) is 4.50. The van der Waals surface area contributed by atoms with E-state index in [4.69, 9.17) is 5.73 Å². The lowest BCUT2D eigenvalue weighted by molar-refractivity contribution is -0.122. The van der Waals surface area contributed by atoms with Crippen molar-refractivity contribution >= 4 is 12.2 Å². The van der Waals surface area contributed by atoms with E-state index in [9.17, 15) is 9.59 Å². The first-order chi connectivity index (χ1) is 7.26. The molecule has 0 aromatic heterocycles. The second-order valence-electron chi connectivity index (χ2n) is 3.20. The van der Waals surface area contributed by atoms with Crippen molar-refractivity contribution in [1.82, 2.24) is 5.32 Å². The van der Waals surface area contributed by atoms with Gasteiger partial charge in [-0.15, -0.1) is 0 Å². The molecule has 3 N–H and O–H groups in total. The molecule has 0 saturated heterocycles. The van der Waals surface area contributed by atoms with Crippen LogP contribution >= 0.6 is 0 Å². The van der Waals surface area contributed by atoms with E-state index in [2.05, 4.69) is 5.32 Å². The molecule has 80 valence electrons. The standard InChI is InChI=1S/C11H14N2O2/c12-7-11(15)13-10(8-14)6-9-4-2-1-3-5-9/h1-5,8,10H,6-7,12H2,(H,13,15)/t10-/m1/s1. The molecule has 0 aliphatic carbocycles. The van der Waals surface area contributed by atoms with Gasteiger partial charge in [0.1, 0.15) is 6.29 Å². The van der Waals surface area contributed by atoms with Gasteiger partial charge >= 0.3 is 0 Å². The molecule has 0 saturated carbocycles. The fourth-order valence-electron chi connectivity index (χ4n) is 1.27. The number of carbonyl (C=O) groups is 2. The van der Waals surface area contributed by atoms with E-state index in [1.165, 1.54) is 0 Å². The lowest BCUT2D eigenvalue weighted by atomic mass is 10.1. The number of rotatable bonds is 5. The second kappa shape index (κ2) is 5.93. The van der Waals surface area contributed by atoms with Gasteiger partial charge < -0.3 is 15.8 Å². The zero-order valence-corrected chi connectivity index (χ0v) is 8.35. The molecule has 1 aromatic rings. The van der Waals surface area contributed by atoms with Crippen molar-refractivity contribution in [1.29, 1.82) is 0 Å². The Morgan fingerprint density at radius 2 is 2.07 bits per heavy atom. The van der Waals surface area contributed by atoms with E-state index in [0.29, 0.717) is 6.42 Å². The van der Waals surface area contributed by atoms with E-state index in [1.807, 2.05) is 30.3 Å². The highest BCUT2D eigenvalue weighted by Crippen LogP contribution is 2.01. The van der Waals surface area contributed by atoms with Crippen molar-refractivity contribution in [3.63, 3.8) is 0 Å². The van der Waals surface area contributed by atoms with Crippen LogP contribution in [-0.2, 0) is 16.0 Å². The van der Waals surface area contributed by atoms with Crippen LogP contribution in [0.3, 0.4) is 0 Å². The molecular formula is C11H14N2O2. The van der Waals surface area contributed by atoms with Gasteiger partial charge in [-0.3, -0.25) is 4.79 Å². The predicted molar refractivity (Wildman–Crippen MR) is 57.2 cm³/mol. The first kappa shape index (κ1) is 11.4. The highest BCUT2D eigenvalue weighted by molar-refractivity contribution is 5.81. The summed E-state index contributed by atoms with van der Waals surface area (Å²) in [6.07, 6.45) is 1.22. The first-order valence-electron chi connectivity index (χ1n) is 4.75. The van der Waals surface area contributed by atoms with E-state index >= 15 is 0 Å². The average Bonchev–Trinajstić information content (AvgIpc) is 2.29. The van der Waals surface area contributed by atoms with E-state index in [1.54, 1.807) is 0 Å². The zero-order valence-electron chi connectivity index (χ0n) is 8.35. The fourth-order valence-corrected chi connectivity index (χ4v) is 1.27. The molecule has 4 nitrogen and oxygen atoms in total. The number of hydrogen-bond acceptors (Lipinski definition) is 3. The van der Waals surface area contributed by atoms with Gasteiger partial charge in [0.15, 0.2) is 0 Å². The van der Waals surface area contributed by atoms with Crippen LogP contribution in [0.2, 0.25) is 0 Å². The molecule has 0 heterocycles. The zero-order chi connectivity index (χ0) is 11.1. The highest BCUT2D eigenvalue weighted by Gasteiger charge is 2.10. The van der Waals surface area contributed by atoms with Crippen LogP contribution in [0.1, 0.15) is 5.56 Å². The number of nitrogens with two attached hydrogens (primary N) is 1. The maximum atomic E-state index is 11.0. The Hall–Kier alpha value is -1.68. The molecule has 0 bridgehead atoms. The molecule has 1 amide bonds. The smallest absolute Gasteiger partial charge is 0.234 e. The van der Waals surface area contributed by atoms with Crippen molar-refractivity contribution in [2.24, 2.45) is 5.73 Å². The number of hydrogen-bond donors (Lipinski definition) is 2. The molecular weight excluding hydrogens is 192 g/mol. The molecule has 0 aliphatic rings. The number of aldehydes is 1. The molecule has 0 unspecified atom stereocenters.